The Labute approximate surface area is 122 Å². The summed E-state index contributed by atoms with van der Waals surface area (Å²) in [6, 6.07) is 0. The quantitative estimate of drug-likeness (QED) is 0.844. The molecule has 21 heavy (non-hydrogen) atoms. The van der Waals surface area contributed by atoms with Crippen LogP contribution in [0.25, 0.3) is 0 Å². The fourth-order valence-electron chi connectivity index (χ4n) is 2.60. The van der Waals surface area contributed by atoms with E-state index in [0.29, 0.717) is 12.5 Å². The van der Waals surface area contributed by atoms with E-state index in [0.717, 1.165) is 12.8 Å². The molecule has 2 atom stereocenters. The van der Waals surface area contributed by atoms with Crippen LogP contribution in [0.1, 0.15) is 32.6 Å². The molecule has 2 rings (SSSR count). The number of aliphatic hydroxyl groups is 1. The lowest BCUT2D eigenvalue weighted by molar-refractivity contribution is -0.223. The number of alkyl halides is 3. The highest BCUT2D eigenvalue weighted by Crippen LogP contribution is 2.32. The van der Waals surface area contributed by atoms with Gasteiger partial charge in [-0.1, -0.05) is 0 Å². The summed E-state index contributed by atoms with van der Waals surface area (Å²) in [4.78, 5) is 13.7. The van der Waals surface area contributed by atoms with Gasteiger partial charge in [0.05, 0.1) is 6.61 Å². The number of carbonyl (C=O) groups is 1. The van der Waals surface area contributed by atoms with Crippen molar-refractivity contribution in [2.45, 2.75) is 51.0 Å². The number of hydrogen-bond acceptors (Lipinski definition) is 3. The molecule has 1 heterocycles. The Balaban J connectivity index is 1.75. The molecule has 1 aliphatic carbocycles. The average Bonchev–Trinajstić information content (AvgIpc) is 3.26. The van der Waals surface area contributed by atoms with E-state index in [1.54, 1.807) is 6.92 Å². The summed E-state index contributed by atoms with van der Waals surface area (Å²) in [5.41, 5.74) is 0. The first-order valence-electron chi connectivity index (χ1n) is 7.44. The molecule has 4 nitrogen and oxygen atoms in total. The zero-order chi connectivity index (χ0) is 15.6. The van der Waals surface area contributed by atoms with E-state index in [9.17, 15) is 23.1 Å². The van der Waals surface area contributed by atoms with Gasteiger partial charge in [-0.25, -0.2) is 0 Å². The predicted octanol–water partition coefficient (Wildman–Crippen LogP) is 1.96. The van der Waals surface area contributed by atoms with E-state index in [-0.39, 0.29) is 31.8 Å². The molecule has 0 radical (unpaired) electrons. The van der Waals surface area contributed by atoms with Crippen molar-refractivity contribution in [2.75, 3.05) is 19.7 Å². The molecule has 0 aromatic rings. The van der Waals surface area contributed by atoms with Crippen LogP contribution in [0.4, 0.5) is 13.2 Å². The average molecular weight is 309 g/mol. The zero-order valence-corrected chi connectivity index (χ0v) is 12.1. The van der Waals surface area contributed by atoms with Gasteiger partial charge in [0.2, 0.25) is 0 Å². The van der Waals surface area contributed by atoms with Crippen molar-refractivity contribution in [3.63, 3.8) is 0 Å². The number of piperidine rings is 1. The van der Waals surface area contributed by atoms with Crippen molar-refractivity contribution in [2.24, 2.45) is 11.8 Å². The van der Waals surface area contributed by atoms with Gasteiger partial charge in [-0.15, -0.1) is 0 Å². The summed E-state index contributed by atoms with van der Waals surface area (Å²) in [6.07, 6.45) is -4.81. The third kappa shape index (κ3) is 4.57. The largest absolute Gasteiger partial charge is 0.414 e. The summed E-state index contributed by atoms with van der Waals surface area (Å²) in [5, 5.41) is 9.24. The highest BCUT2D eigenvalue weighted by Gasteiger charge is 2.44. The van der Waals surface area contributed by atoms with Gasteiger partial charge >= 0.3 is 6.18 Å². The topological polar surface area (TPSA) is 49.8 Å². The molecule has 0 aromatic heterocycles. The molecule has 2 unspecified atom stereocenters. The number of hydrogen-bond donors (Lipinski definition) is 1. The number of nitrogens with zero attached hydrogens (tertiary/aromatic N) is 1. The Hall–Kier alpha value is -0.820. The van der Waals surface area contributed by atoms with Crippen molar-refractivity contribution in [1.82, 2.24) is 4.90 Å². The Bertz CT molecular complexity index is 363. The van der Waals surface area contributed by atoms with Gasteiger partial charge in [0, 0.05) is 13.1 Å². The van der Waals surface area contributed by atoms with E-state index in [4.69, 9.17) is 4.74 Å². The van der Waals surface area contributed by atoms with Crippen LogP contribution in [-0.2, 0) is 9.53 Å². The fraction of sp³-hybridized carbons (Fsp3) is 0.929. The number of carbonyl (C=O) groups excluding carboxylic acids is 1. The van der Waals surface area contributed by atoms with E-state index >= 15 is 0 Å². The van der Waals surface area contributed by atoms with Crippen molar-refractivity contribution in [3.8, 4) is 0 Å². The number of amides is 1. The first kappa shape index (κ1) is 16.5. The molecule has 122 valence electrons. The summed E-state index contributed by atoms with van der Waals surface area (Å²) >= 11 is 0. The van der Waals surface area contributed by atoms with Crippen LogP contribution >= 0.6 is 0 Å². The Morgan fingerprint density at radius 1 is 1.29 bits per heavy atom. The summed E-state index contributed by atoms with van der Waals surface area (Å²) in [5.74, 6) is -0.430. The lowest BCUT2D eigenvalue weighted by atomic mass is 9.90. The first-order chi connectivity index (χ1) is 9.79. The normalized spacial score (nSPS) is 24.0. The van der Waals surface area contributed by atoms with Crippen LogP contribution in [0, 0.1) is 11.8 Å². The minimum atomic E-state index is -4.59. The van der Waals surface area contributed by atoms with Crippen LogP contribution in [0.15, 0.2) is 0 Å². The Morgan fingerprint density at radius 3 is 2.33 bits per heavy atom. The minimum absolute atomic E-state index is 0.168. The van der Waals surface area contributed by atoms with Gasteiger partial charge < -0.3 is 14.7 Å². The Morgan fingerprint density at radius 2 is 1.86 bits per heavy atom. The van der Waals surface area contributed by atoms with Crippen LogP contribution < -0.4 is 0 Å². The summed E-state index contributed by atoms with van der Waals surface area (Å²) in [7, 11) is 0. The number of aliphatic hydroxyl groups excluding tert-OH is 1. The zero-order valence-electron chi connectivity index (χ0n) is 12.1. The molecular weight excluding hydrogens is 287 g/mol. The number of likely N-dealkylation sites (tertiary alicyclic amines) is 1. The molecule has 1 saturated heterocycles. The lowest BCUT2D eigenvalue weighted by Crippen LogP contribution is -2.47. The second kappa shape index (κ2) is 6.52. The van der Waals surface area contributed by atoms with Crippen LogP contribution in [0.2, 0.25) is 0 Å². The summed E-state index contributed by atoms with van der Waals surface area (Å²) in [6.45, 7) is 2.75. The summed E-state index contributed by atoms with van der Waals surface area (Å²) < 4.78 is 42.8. The third-order valence-electron chi connectivity index (χ3n) is 4.26. The third-order valence-corrected chi connectivity index (χ3v) is 4.26. The second-order valence-corrected chi connectivity index (χ2v) is 6.07. The van der Waals surface area contributed by atoms with Crippen molar-refractivity contribution >= 4 is 5.91 Å². The van der Waals surface area contributed by atoms with Gasteiger partial charge in [-0.2, -0.15) is 13.2 Å². The molecule has 0 aromatic carbocycles. The van der Waals surface area contributed by atoms with Crippen LogP contribution in [0.3, 0.4) is 0 Å². The molecule has 2 fully saturated rings. The van der Waals surface area contributed by atoms with Crippen LogP contribution in [0.5, 0.6) is 0 Å². The molecule has 1 amide bonds. The number of ether oxygens (including phenoxy) is 1. The highest BCUT2D eigenvalue weighted by molar-refractivity contribution is 5.80. The van der Waals surface area contributed by atoms with Gasteiger partial charge in [0.25, 0.3) is 5.91 Å². The monoisotopic (exact) mass is 309 g/mol. The molecule has 0 bridgehead atoms. The second-order valence-electron chi connectivity index (χ2n) is 6.07. The first-order valence-corrected chi connectivity index (χ1v) is 7.44. The molecular formula is C14H22F3NO3. The fourth-order valence-corrected chi connectivity index (χ4v) is 2.60. The number of rotatable bonds is 5. The van der Waals surface area contributed by atoms with Gasteiger partial charge in [0.15, 0.2) is 6.10 Å². The standard InChI is InChI=1S/C14H22F3NO3/c1-9(21-8-10-2-3-10)13(20)18-6-4-11(5-7-18)12(19)14(15,16)17/h9-12,19H,2-8H2,1H3. The van der Waals surface area contributed by atoms with Gasteiger partial charge in [-0.3, -0.25) is 4.79 Å². The van der Waals surface area contributed by atoms with E-state index in [1.165, 1.54) is 4.90 Å². The van der Waals surface area contributed by atoms with E-state index in [1.807, 2.05) is 0 Å². The SMILES string of the molecule is CC(OCC1CC1)C(=O)N1CCC(C(O)C(F)(F)F)CC1. The van der Waals surface area contributed by atoms with E-state index in [2.05, 4.69) is 0 Å². The van der Waals surface area contributed by atoms with Gasteiger partial charge in [-0.05, 0) is 44.4 Å². The number of halogens is 3. The minimum Gasteiger partial charge on any atom is -0.383 e. The van der Waals surface area contributed by atoms with Crippen molar-refractivity contribution in [1.29, 1.82) is 0 Å². The van der Waals surface area contributed by atoms with Crippen molar-refractivity contribution < 1.29 is 27.8 Å². The molecule has 1 aliphatic heterocycles. The molecule has 1 saturated carbocycles. The lowest BCUT2D eigenvalue weighted by Gasteiger charge is -2.35. The highest BCUT2D eigenvalue weighted by atomic mass is 19.4. The molecule has 1 N–H and O–H groups in total. The smallest absolute Gasteiger partial charge is 0.383 e. The molecule has 0 spiro atoms. The predicted molar refractivity (Wildman–Crippen MR) is 69.5 cm³/mol. The van der Waals surface area contributed by atoms with Crippen LogP contribution in [-0.4, -0.2) is 54.0 Å². The Kier molecular flexibility index (Phi) is 5.14. The maximum atomic E-state index is 12.4. The van der Waals surface area contributed by atoms with Crippen molar-refractivity contribution in [3.05, 3.63) is 0 Å². The molecule has 7 heteroatoms. The maximum absolute atomic E-state index is 12.4. The van der Waals surface area contributed by atoms with E-state index < -0.39 is 24.3 Å². The maximum Gasteiger partial charge on any atom is 0.414 e. The van der Waals surface area contributed by atoms with Gasteiger partial charge in [0.1, 0.15) is 6.10 Å². The molecule has 2 aliphatic rings.